The van der Waals surface area contributed by atoms with Gasteiger partial charge in [-0.1, -0.05) is 6.92 Å². The summed E-state index contributed by atoms with van der Waals surface area (Å²) in [6, 6.07) is 0. The van der Waals surface area contributed by atoms with Crippen molar-refractivity contribution in [1.82, 2.24) is 4.98 Å². The maximum atomic E-state index is 4.55. The van der Waals surface area contributed by atoms with Gasteiger partial charge in [0.25, 0.3) is 0 Å². The molecule has 1 aromatic rings. The van der Waals surface area contributed by atoms with Crippen molar-refractivity contribution in [3.05, 3.63) is 28.1 Å². The van der Waals surface area contributed by atoms with Crippen molar-refractivity contribution in [1.29, 1.82) is 0 Å². The highest BCUT2D eigenvalue weighted by Gasteiger charge is 2.06. The van der Waals surface area contributed by atoms with E-state index in [1.165, 1.54) is 28.1 Å². The zero-order chi connectivity index (χ0) is 9.30. The van der Waals surface area contributed by atoms with Crippen LogP contribution in [0.4, 0.5) is 0 Å². The topological polar surface area (TPSA) is 12.9 Å². The van der Waals surface area contributed by atoms with Crippen LogP contribution in [0.3, 0.4) is 0 Å². The molecule has 1 rings (SSSR count). The molecular weight excluding hydrogens is 146 g/mol. The molecule has 0 saturated carbocycles. The zero-order valence-electron chi connectivity index (χ0n) is 8.65. The number of aryl methyl sites for hydroxylation is 2. The van der Waals surface area contributed by atoms with Gasteiger partial charge in [0.05, 0.1) is 0 Å². The molecule has 1 nitrogen and oxygen atoms in total. The van der Waals surface area contributed by atoms with E-state index in [4.69, 9.17) is 0 Å². The van der Waals surface area contributed by atoms with Gasteiger partial charge in [-0.3, -0.25) is 4.98 Å². The highest BCUT2D eigenvalue weighted by molar-refractivity contribution is 5.37. The van der Waals surface area contributed by atoms with Gasteiger partial charge in [-0.2, -0.15) is 0 Å². The molecule has 0 saturated heterocycles. The second kappa shape index (κ2) is 3.26. The van der Waals surface area contributed by atoms with Crippen LogP contribution >= 0.6 is 0 Å². The molecule has 1 heteroatoms. The maximum Gasteiger partial charge on any atom is 0.0436 e. The summed E-state index contributed by atoms with van der Waals surface area (Å²) in [5.41, 5.74) is 6.52. The Morgan fingerprint density at radius 1 is 0.917 bits per heavy atom. The van der Waals surface area contributed by atoms with Gasteiger partial charge in [0.2, 0.25) is 0 Å². The molecule has 0 atom stereocenters. The van der Waals surface area contributed by atoms with Gasteiger partial charge in [-0.25, -0.2) is 0 Å². The van der Waals surface area contributed by atoms with Crippen molar-refractivity contribution in [2.24, 2.45) is 0 Å². The summed E-state index contributed by atoms with van der Waals surface area (Å²) in [5.74, 6) is 0. The molecule has 0 bridgehead atoms. The van der Waals surface area contributed by atoms with Crippen LogP contribution in [0, 0.1) is 27.7 Å². The number of nitrogens with zero attached hydrogens (tertiary/aromatic N) is 1. The van der Waals surface area contributed by atoms with Crippen LogP contribution < -0.4 is 0 Å². The van der Waals surface area contributed by atoms with Crippen molar-refractivity contribution in [3.63, 3.8) is 0 Å². The van der Waals surface area contributed by atoms with Crippen LogP contribution in [0.15, 0.2) is 0 Å². The van der Waals surface area contributed by atoms with Crippen molar-refractivity contribution in [3.8, 4) is 0 Å². The summed E-state index contributed by atoms with van der Waals surface area (Å²) >= 11 is 0. The lowest BCUT2D eigenvalue weighted by Gasteiger charge is -2.11. The first-order valence-electron chi connectivity index (χ1n) is 4.51. The monoisotopic (exact) mass is 163 g/mol. The molecule has 12 heavy (non-hydrogen) atoms. The predicted molar refractivity (Wildman–Crippen MR) is 52.6 cm³/mol. The normalized spacial score (nSPS) is 10.4. The minimum Gasteiger partial charge on any atom is -0.258 e. The fourth-order valence-corrected chi connectivity index (χ4v) is 1.48. The second-order valence-corrected chi connectivity index (χ2v) is 3.37. The largest absolute Gasteiger partial charge is 0.258 e. The van der Waals surface area contributed by atoms with E-state index in [2.05, 4.69) is 39.6 Å². The molecule has 0 aliphatic carbocycles. The van der Waals surface area contributed by atoms with Crippen LogP contribution in [0.1, 0.15) is 35.0 Å². The minimum absolute atomic E-state index is 1.04. The van der Waals surface area contributed by atoms with E-state index in [0.29, 0.717) is 0 Å². The third-order valence-corrected chi connectivity index (χ3v) is 2.74. The molecule has 1 heterocycles. The lowest BCUT2D eigenvalue weighted by Crippen LogP contribution is -2.01. The van der Waals surface area contributed by atoms with E-state index < -0.39 is 0 Å². The van der Waals surface area contributed by atoms with E-state index >= 15 is 0 Å². The van der Waals surface area contributed by atoms with Crippen LogP contribution in [0.5, 0.6) is 0 Å². The summed E-state index contributed by atoms with van der Waals surface area (Å²) in [7, 11) is 0. The summed E-state index contributed by atoms with van der Waals surface area (Å²) < 4.78 is 0. The van der Waals surface area contributed by atoms with Gasteiger partial charge in [-0.05, 0) is 50.8 Å². The SMILES string of the molecule is CCc1nc(C)c(C)c(C)c1C. The first-order chi connectivity index (χ1) is 5.57. The zero-order valence-corrected chi connectivity index (χ0v) is 8.65. The quantitative estimate of drug-likeness (QED) is 0.620. The van der Waals surface area contributed by atoms with Gasteiger partial charge in [0, 0.05) is 11.4 Å². The Kier molecular flexibility index (Phi) is 2.51. The van der Waals surface area contributed by atoms with Crippen LogP contribution in [0.25, 0.3) is 0 Å². The molecular formula is C11H17N. The first-order valence-corrected chi connectivity index (χ1v) is 4.51. The lowest BCUT2D eigenvalue weighted by molar-refractivity contribution is 0.953. The fraction of sp³-hybridized carbons (Fsp3) is 0.545. The minimum atomic E-state index is 1.04. The summed E-state index contributed by atoms with van der Waals surface area (Å²) in [6.07, 6.45) is 1.04. The third-order valence-electron chi connectivity index (χ3n) is 2.74. The molecule has 0 aromatic carbocycles. The lowest BCUT2D eigenvalue weighted by atomic mass is 10.0. The van der Waals surface area contributed by atoms with Gasteiger partial charge in [0.15, 0.2) is 0 Å². The van der Waals surface area contributed by atoms with Gasteiger partial charge < -0.3 is 0 Å². The Hall–Kier alpha value is -0.850. The molecule has 0 unspecified atom stereocenters. The third kappa shape index (κ3) is 1.36. The summed E-state index contributed by atoms with van der Waals surface area (Å²) in [5, 5.41) is 0. The predicted octanol–water partition coefficient (Wildman–Crippen LogP) is 2.88. The summed E-state index contributed by atoms with van der Waals surface area (Å²) in [6.45, 7) is 10.7. The standard InChI is InChI=1S/C11H17N/c1-6-11-9(4)7(2)8(3)10(5)12-11/h6H2,1-5H3. The Bertz CT molecular complexity index is 300. The van der Waals surface area contributed by atoms with Crippen LogP contribution in [-0.4, -0.2) is 4.98 Å². The Morgan fingerprint density at radius 2 is 1.50 bits per heavy atom. The van der Waals surface area contributed by atoms with E-state index in [1.54, 1.807) is 0 Å². The van der Waals surface area contributed by atoms with E-state index in [-0.39, 0.29) is 0 Å². The number of pyridine rings is 1. The summed E-state index contributed by atoms with van der Waals surface area (Å²) in [4.78, 5) is 4.55. The van der Waals surface area contributed by atoms with Gasteiger partial charge in [-0.15, -0.1) is 0 Å². The molecule has 0 spiro atoms. The van der Waals surface area contributed by atoms with E-state index in [9.17, 15) is 0 Å². The number of rotatable bonds is 1. The molecule has 66 valence electrons. The van der Waals surface area contributed by atoms with Gasteiger partial charge in [0.1, 0.15) is 0 Å². The Morgan fingerprint density at radius 3 is 2.00 bits per heavy atom. The smallest absolute Gasteiger partial charge is 0.0436 e. The molecule has 0 N–H and O–H groups in total. The van der Waals surface area contributed by atoms with E-state index in [0.717, 1.165) is 6.42 Å². The van der Waals surface area contributed by atoms with Crippen molar-refractivity contribution in [2.75, 3.05) is 0 Å². The molecule has 0 aliphatic rings. The van der Waals surface area contributed by atoms with Gasteiger partial charge >= 0.3 is 0 Å². The first kappa shape index (κ1) is 9.24. The fourth-order valence-electron chi connectivity index (χ4n) is 1.48. The van der Waals surface area contributed by atoms with Crippen LogP contribution in [0.2, 0.25) is 0 Å². The maximum absolute atomic E-state index is 4.55. The molecule has 1 aromatic heterocycles. The number of hydrogen-bond acceptors (Lipinski definition) is 1. The number of aromatic nitrogens is 1. The van der Waals surface area contributed by atoms with Crippen LogP contribution in [-0.2, 0) is 6.42 Å². The highest BCUT2D eigenvalue weighted by atomic mass is 14.7. The Balaban J connectivity index is 3.39. The molecule has 0 radical (unpaired) electrons. The Labute approximate surface area is 74.8 Å². The molecule has 0 amide bonds. The molecule has 0 aliphatic heterocycles. The number of hydrogen-bond donors (Lipinski definition) is 0. The van der Waals surface area contributed by atoms with Crippen molar-refractivity contribution >= 4 is 0 Å². The highest BCUT2D eigenvalue weighted by Crippen LogP contribution is 2.17. The van der Waals surface area contributed by atoms with Crippen molar-refractivity contribution in [2.45, 2.75) is 41.0 Å². The average molecular weight is 163 g/mol. The van der Waals surface area contributed by atoms with E-state index in [1.807, 2.05) is 0 Å². The van der Waals surface area contributed by atoms with Crippen molar-refractivity contribution < 1.29 is 0 Å². The molecule has 0 fully saturated rings. The second-order valence-electron chi connectivity index (χ2n) is 3.37. The average Bonchev–Trinajstić information content (AvgIpc) is 2.08.